The van der Waals surface area contributed by atoms with E-state index in [1.165, 1.54) is 17.8 Å². The molecular formula is C23H26N4O5S. The van der Waals surface area contributed by atoms with Gasteiger partial charge in [0.2, 0.25) is 16.8 Å². The third-order valence-corrected chi connectivity index (χ3v) is 7.61. The number of piperazine rings is 1. The third-order valence-electron chi connectivity index (χ3n) is 6.09. The van der Waals surface area contributed by atoms with Crippen molar-refractivity contribution in [1.29, 1.82) is 0 Å². The molecule has 5 rings (SSSR count). The number of aromatic amines is 1. The second kappa shape index (κ2) is 9.14. The van der Waals surface area contributed by atoms with Crippen LogP contribution in [-0.4, -0.2) is 69.3 Å². The van der Waals surface area contributed by atoms with Crippen LogP contribution in [0.25, 0.3) is 10.8 Å². The summed E-state index contributed by atoms with van der Waals surface area (Å²) in [6, 6.07) is 12.4. The van der Waals surface area contributed by atoms with E-state index in [0.29, 0.717) is 23.9 Å². The van der Waals surface area contributed by atoms with E-state index in [0.717, 1.165) is 44.2 Å². The maximum atomic E-state index is 12.9. The van der Waals surface area contributed by atoms with Gasteiger partial charge < -0.3 is 14.5 Å². The number of hydrogen-bond donors (Lipinski definition) is 2. The molecular weight excluding hydrogens is 444 g/mol. The second-order valence-electron chi connectivity index (χ2n) is 8.23. The van der Waals surface area contributed by atoms with Crippen molar-refractivity contribution in [3.63, 3.8) is 0 Å². The summed E-state index contributed by atoms with van der Waals surface area (Å²) in [4.78, 5) is 19.3. The first-order valence-corrected chi connectivity index (χ1v) is 12.4. The summed E-state index contributed by atoms with van der Waals surface area (Å²) in [5.41, 5.74) is 0.887. The molecule has 1 fully saturated rings. The average Bonchev–Trinajstić information content (AvgIpc) is 3.28. The minimum absolute atomic E-state index is 0.125. The lowest BCUT2D eigenvalue weighted by molar-refractivity contribution is 0.129. The summed E-state index contributed by atoms with van der Waals surface area (Å²) in [5, 5.41) is 0.782. The van der Waals surface area contributed by atoms with Crippen LogP contribution in [0.1, 0.15) is 5.56 Å². The van der Waals surface area contributed by atoms with Crippen molar-refractivity contribution in [2.45, 2.75) is 11.4 Å². The molecule has 174 valence electrons. The van der Waals surface area contributed by atoms with Crippen LogP contribution in [-0.2, 0) is 16.6 Å². The fourth-order valence-electron chi connectivity index (χ4n) is 4.31. The van der Waals surface area contributed by atoms with Crippen molar-refractivity contribution in [2.75, 3.05) is 46.1 Å². The molecule has 0 radical (unpaired) electrons. The van der Waals surface area contributed by atoms with Crippen LogP contribution in [0.3, 0.4) is 0 Å². The van der Waals surface area contributed by atoms with Crippen LogP contribution in [0.5, 0.6) is 11.5 Å². The molecule has 9 nitrogen and oxygen atoms in total. The SMILES string of the molecule is O=c1[nH]ccc2c(S(=O)(=O)NCCN3CCN(Cc4ccc5c(c4)OCO5)CC3)cccc12. The highest BCUT2D eigenvalue weighted by molar-refractivity contribution is 7.89. The standard InChI is InChI=1S/C23H26N4O5S/c28-23-19-2-1-3-22(18(19)6-7-24-23)33(29,30)25-8-9-26-10-12-27(13-11-26)15-17-4-5-20-21(14-17)32-16-31-20/h1-7,14,25H,8-13,15-16H2,(H,24,28). The summed E-state index contributed by atoms with van der Waals surface area (Å²) in [5.74, 6) is 1.59. The Balaban J connectivity index is 1.13. The highest BCUT2D eigenvalue weighted by Crippen LogP contribution is 2.32. The lowest BCUT2D eigenvalue weighted by Gasteiger charge is -2.34. The van der Waals surface area contributed by atoms with E-state index >= 15 is 0 Å². The van der Waals surface area contributed by atoms with Crippen LogP contribution in [0.2, 0.25) is 0 Å². The minimum atomic E-state index is -3.72. The number of benzene rings is 2. The maximum Gasteiger partial charge on any atom is 0.255 e. The van der Waals surface area contributed by atoms with Gasteiger partial charge in [-0.25, -0.2) is 13.1 Å². The molecule has 0 saturated carbocycles. The Hall–Kier alpha value is -2.92. The molecule has 1 saturated heterocycles. The van der Waals surface area contributed by atoms with Crippen molar-refractivity contribution in [1.82, 2.24) is 19.5 Å². The second-order valence-corrected chi connectivity index (χ2v) is 9.96. The van der Waals surface area contributed by atoms with Crippen molar-refractivity contribution in [2.24, 2.45) is 0 Å². The van der Waals surface area contributed by atoms with Gasteiger partial charge in [-0.15, -0.1) is 0 Å². The fourth-order valence-corrected chi connectivity index (χ4v) is 5.55. The lowest BCUT2D eigenvalue weighted by Crippen LogP contribution is -2.48. The first-order chi connectivity index (χ1) is 16.0. The highest BCUT2D eigenvalue weighted by Gasteiger charge is 2.21. The normalized spacial score (nSPS) is 17.0. The van der Waals surface area contributed by atoms with E-state index in [2.05, 4.69) is 25.6 Å². The summed E-state index contributed by atoms with van der Waals surface area (Å²) in [6.45, 7) is 5.62. The van der Waals surface area contributed by atoms with Crippen molar-refractivity contribution >= 4 is 20.8 Å². The summed E-state index contributed by atoms with van der Waals surface area (Å²) < 4.78 is 39.2. The highest BCUT2D eigenvalue weighted by atomic mass is 32.2. The van der Waals surface area contributed by atoms with Gasteiger partial charge in [-0.3, -0.25) is 14.6 Å². The molecule has 0 bridgehead atoms. The number of fused-ring (bicyclic) bond motifs is 2. The van der Waals surface area contributed by atoms with Gasteiger partial charge in [0.25, 0.3) is 5.56 Å². The van der Waals surface area contributed by atoms with Gasteiger partial charge in [0.05, 0.1) is 4.90 Å². The van der Waals surface area contributed by atoms with Crippen LogP contribution in [0.4, 0.5) is 0 Å². The number of nitrogens with one attached hydrogen (secondary N) is 2. The number of aromatic nitrogens is 1. The molecule has 3 aromatic rings. The largest absolute Gasteiger partial charge is 0.454 e. The van der Waals surface area contributed by atoms with Gasteiger partial charge in [0, 0.05) is 62.8 Å². The molecule has 0 atom stereocenters. The summed E-state index contributed by atoms with van der Waals surface area (Å²) in [6.07, 6.45) is 1.47. The van der Waals surface area contributed by atoms with E-state index in [9.17, 15) is 13.2 Å². The summed E-state index contributed by atoms with van der Waals surface area (Å²) >= 11 is 0. The number of ether oxygens (including phenoxy) is 2. The number of H-pyrrole nitrogens is 1. The Morgan fingerprint density at radius 1 is 0.939 bits per heavy atom. The number of sulfonamides is 1. The van der Waals surface area contributed by atoms with Gasteiger partial charge in [-0.05, 0) is 35.9 Å². The monoisotopic (exact) mass is 470 g/mol. The molecule has 0 unspecified atom stereocenters. The van der Waals surface area contributed by atoms with Gasteiger partial charge in [0.1, 0.15) is 0 Å². The molecule has 2 aromatic carbocycles. The van der Waals surface area contributed by atoms with Gasteiger partial charge >= 0.3 is 0 Å². The van der Waals surface area contributed by atoms with E-state index in [-0.39, 0.29) is 17.2 Å². The minimum Gasteiger partial charge on any atom is -0.454 e. The molecule has 2 aliphatic rings. The Kier molecular flexibility index (Phi) is 6.07. The number of rotatable bonds is 7. The molecule has 10 heteroatoms. The number of hydrogen-bond acceptors (Lipinski definition) is 7. The Morgan fingerprint density at radius 3 is 2.58 bits per heavy atom. The predicted molar refractivity (Wildman–Crippen MR) is 124 cm³/mol. The van der Waals surface area contributed by atoms with E-state index < -0.39 is 10.0 Å². The molecule has 0 amide bonds. The Morgan fingerprint density at radius 2 is 1.73 bits per heavy atom. The molecule has 2 N–H and O–H groups in total. The average molecular weight is 471 g/mol. The third kappa shape index (κ3) is 4.74. The molecule has 33 heavy (non-hydrogen) atoms. The quantitative estimate of drug-likeness (QED) is 0.537. The summed E-state index contributed by atoms with van der Waals surface area (Å²) in [7, 11) is -3.72. The fraction of sp³-hybridized carbons (Fsp3) is 0.348. The number of pyridine rings is 1. The molecule has 0 spiro atoms. The van der Waals surface area contributed by atoms with E-state index in [1.807, 2.05) is 12.1 Å². The van der Waals surface area contributed by atoms with Gasteiger partial charge in [-0.1, -0.05) is 12.1 Å². The predicted octanol–water partition coefficient (Wildman–Crippen LogP) is 1.35. The van der Waals surface area contributed by atoms with Crippen molar-refractivity contribution < 1.29 is 17.9 Å². The Labute approximate surface area is 192 Å². The van der Waals surface area contributed by atoms with E-state index in [1.54, 1.807) is 18.2 Å². The first kappa shape index (κ1) is 21.9. The van der Waals surface area contributed by atoms with Gasteiger partial charge in [0.15, 0.2) is 11.5 Å². The zero-order chi connectivity index (χ0) is 22.8. The zero-order valence-corrected chi connectivity index (χ0v) is 18.9. The maximum absolute atomic E-state index is 12.9. The molecule has 3 heterocycles. The van der Waals surface area contributed by atoms with E-state index in [4.69, 9.17) is 9.47 Å². The molecule has 0 aliphatic carbocycles. The molecule has 2 aliphatic heterocycles. The van der Waals surface area contributed by atoms with Crippen LogP contribution < -0.4 is 19.8 Å². The van der Waals surface area contributed by atoms with Crippen molar-refractivity contribution in [3.05, 3.63) is 64.6 Å². The first-order valence-electron chi connectivity index (χ1n) is 10.9. The van der Waals surface area contributed by atoms with Crippen LogP contribution in [0.15, 0.2) is 58.4 Å². The van der Waals surface area contributed by atoms with Crippen LogP contribution in [0, 0.1) is 0 Å². The lowest BCUT2D eigenvalue weighted by atomic mass is 10.1. The smallest absolute Gasteiger partial charge is 0.255 e. The van der Waals surface area contributed by atoms with Gasteiger partial charge in [-0.2, -0.15) is 0 Å². The molecule has 1 aromatic heterocycles. The Bertz CT molecular complexity index is 1320. The number of nitrogens with zero attached hydrogens (tertiary/aromatic N) is 2. The zero-order valence-electron chi connectivity index (χ0n) is 18.1. The van der Waals surface area contributed by atoms with Crippen LogP contribution >= 0.6 is 0 Å². The topological polar surface area (TPSA) is 104 Å². The van der Waals surface area contributed by atoms with Crippen molar-refractivity contribution in [3.8, 4) is 11.5 Å².